The zero-order valence-electron chi connectivity index (χ0n) is 13.6. The van der Waals surface area contributed by atoms with E-state index < -0.39 is 11.0 Å². The number of nitro groups is 1. The number of rotatable bonds is 4. The summed E-state index contributed by atoms with van der Waals surface area (Å²) in [5.41, 5.74) is 1.66. The van der Waals surface area contributed by atoms with E-state index in [1.54, 1.807) is 28.8 Å². The van der Waals surface area contributed by atoms with Crippen molar-refractivity contribution in [1.82, 2.24) is 9.80 Å². The largest absolute Gasteiger partial charge is 0.328 e. The first-order valence-electron chi connectivity index (χ1n) is 8.10. The van der Waals surface area contributed by atoms with Crippen molar-refractivity contribution in [2.75, 3.05) is 5.75 Å². The quantitative estimate of drug-likeness (QED) is 0.469. The fourth-order valence-electron chi connectivity index (χ4n) is 3.27. The zero-order chi connectivity index (χ0) is 18.3. The highest BCUT2D eigenvalue weighted by Crippen LogP contribution is 2.45. The number of fused-ring (bicyclic) bond motifs is 1. The molecule has 7 nitrogen and oxygen atoms in total. The topological polar surface area (TPSA) is 83.8 Å². The lowest BCUT2D eigenvalue weighted by molar-refractivity contribution is -0.384. The highest BCUT2D eigenvalue weighted by molar-refractivity contribution is 7.99. The van der Waals surface area contributed by atoms with Crippen LogP contribution < -0.4 is 0 Å². The molecule has 3 amide bonds. The van der Waals surface area contributed by atoms with Crippen LogP contribution in [-0.2, 0) is 11.3 Å². The van der Waals surface area contributed by atoms with Gasteiger partial charge >= 0.3 is 6.03 Å². The molecule has 2 aliphatic heterocycles. The summed E-state index contributed by atoms with van der Waals surface area (Å²) in [5.74, 6) is 0.361. The second kappa shape index (κ2) is 6.45. The minimum absolute atomic E-state index is 0.0195. The molecule has 2 aromatic rings. The number of urea groups is 1. The van der Waals surface area contributed by atoms with Gasteiger partial charge in [-0.2, -0.15) is 0 Å². The molecule has 8 heteroatoms. The SMILES string of the molecule is O=C1[C@@H]2CSC(c3ccccc3)N2C(=O)N1Cc1ccc([N+](=O)[O-])cc1. The number of hydrogen-bond donors (Lipinski definition) is 0. The monoisotopic (exact) mass is 369 g/mol. The van der Waals surface area contributed by atoms with Gasteiger partial charge in [0.25, 0.3) is 11.6 Å². The van der Waals surface area contributed by atoms with Crippen LogP contribution in [0.1, 0.15) is 16.5 Å². The van der Waals surface area contributed by atoms with Gasteiger partial charge in [0.05, 0.1) is 11.5 Å². The van der Waals surface area contributed by atoms with Crippen LogP contribution in [0.5, 0.6) is 0 Å². The van der Waals surface area contributed by atoms with E-state index in [2.05, 4.69) is 0 Å². The molecule has 0 aliphatic carbocycles. The first kappa shape index (κ1) is 16.6. The highest BCUT2D eigenvalue weighted by atomic mass is 32.2. The van der Waals surface area contributed by atoms with Gasteiger partial charge < -0.3 is 0 Å². The van der Waals surface area contributed by atoms with E-state index in [1.165, 1.54) is 17.0 Å². The number of benzene rings is 2. The molecule has 2 fully saturated rings. The van der Waals surface area contributed by atoms with Crippen molar-refractivity contribution in [3.63, 3.8) is 0 Å². The number of nitro benzene ring substituents is 1. The Morgan fingerprint density at radius 3 is 2.42 bits per heavy atom. The van der Waals surface area contributed by atoms with Crippen molar-refractivity contribution >= 4 is 29.4 Å². The maximum atomic E-state index is 12.9. The normalized spacial score (nSPS) is 22.0. The molecule has 4 rings (SSSR count). The first-order valence-corrected chi connectivity index (χ1v) is 9.14. The number of non-ortho nitro benzene ring substituents is 1. The molecule has 0 spiro atoms. The Labute approximate surface area is 153 Å². The molecule has 2 atom stereocenters. The minimum Gasteiger partial charge on any atom is -0.295 e. The van der Waals surface area contributed by atoms with E-state index in [1.807, 2.05) is 30.3 Å². The van der Waals surface area contributed by atoms with Crippen LogP contribution in [0.4, 0.5) is 10.5 Å². The lowest BCUT2D eigenvalue weighted by Crippen LogP contribution is -2.33. The second-order valence-corrected chi connectivity index (χ2v) is 7.26. The summed E-state index contributed by atoms with van der Waals surface area (Å²) in [6.07, 6.45) is 0. The number of imide groups is 1. The van der Waals surface area contributed by atoms with Crippen LogP contribution in [0.2, 0.25) is 0 Å². The number of thioether (sulfide) groups is 1. The van der Waals surface area contributed by atoms with Crippen molar-refractivity contribution in [2.45, 2.75) is 18.0 Å². The van der Waals surface area contributed by atoms with Crippen molar-refractivity contribution < 1.29 is 14.5 Å². The molecule has 2 aromatic carbocycles. The maximum absolute atomic E-state index is 12.9. The summed E-state index contributed by atoms with van der Waals surface area (Å²) in [6.45, 7) is 0.120. The average molecular weight is 369 g/mol. The number of carbonyl (C=O) groups is 2. The van der Waals surface area contributed by atoms with Crippen LogP contribution >= 0.6 is 11.8 Å². The van der Waals surface area contributed by atoms with Gasteiger partial charge in [-0.05, 0) is 11.1 Å². The van der Waals surface area contributed by atoms with Gasteiger partial charge in [-0.1, -0.05) is 42.5 Å². The van der Waals surface area contributed by atoms with Gasteiger partial charge in [0.15, 0.2) is 0 Å². The minimum atomic E-state index is -0.478. The Kier molecular flexibility index (Phi) is 4.12. The smallest absolute Gasteiger partial charge is 0.295 e. The summed E-state index contributed by atoms with van der Waals surface area (Å²) < 4.78 is 0. The van der Waals surface area contributed by atoms with Gasteiger partial charge in [0.1, 0.15) is 11.4 Å². The van der Waals surface area contributed by atoms with E-state index in [4.69, 9.17) is 0 Å². The predicted octanol–water partition coefficient (Wildman–Crippen LogP) is 3.17. The van der Waals surface area contributed by atoms with E-state index in [0.29, 0.717) is 11.3 Å². The third-order valence-electron chi connectivity index (χ3n) is 4.58. The van der Waals surface area contributed by atoms with Gasteiger partial charge in [0, 0.05) is 17.9 Å². The van der Waals surface area contributed by atoms with E-state index in [-0.39, 0.29) is 29.5 Å². The van der Waals surface area contributed by atoms with Crippen LogP contribution in [0.3, 0.4) is 0 Å². The molecule has 26 heavy (non-hydrogen) atoms. The molecule has 0 radical (unpaired) electrons. The predicted molar refractivity (Wildman–Crippen MR) is 96.3 cm³/mol. The summed E-state index contributed by atoms with van der Waals surface area (Å²) >= 11 is 1.59. The van der Waals surface area contributed by atoms with Crippen LogP contribution in [-0.4, -0.2) is 38.5 Å². The molecular formula is C18H15N3O4S. The number of hydrogen-bond acceptors (Lipinski definition) is 5. The molecule has 1 unspecified atom stereocenters. The van der Waals surface area contributed by atoms with Crippen LogP contribution in [0.15, 0.2) is 54.6 Å². The van der Waals surface area contributed by atoms with Gasteiger partial charge in [0.2, 0.25) is 0 Å². The van der Waals surface area contributed by atoms with Gasteiger partial charge in [-0.3, -0.25) is 24.7 Å². The van der Waals surface area contributed by atoms with E-state index >= 15 is 0 Å². The second-order valence-electron chi connectivity index (χ2n) is 6.15. The first-order chi connectivity index (χ1) is 12.6. The molecule has 0 bridgehead atoms. The van der Waals surface area contributed by atoms with E-state index in [9.17, 15) is 19.7 Å². The molecule has 0 aromatic heterocycles. The maximum Gasteiger partial charge on any atom is 0.328 e. The molecule has 0 saturated carbocycles. The number of nitrogens with zero attached hydrogens (tertiary/aromatic N) is 3. The van der Waals surface area contributed by atoms with Crippen molar-refractivity contribution in [3.8, 4) is 0 Å². The fraction of sp³-hybridized carbons (Fsp3) is 0.222. The standard InChI is InChI=1S/C18H15N3O4S/c22-16-15-11-26-17(13-4-2-1-3-5-13)20(15)18(23)19(16)10-12-6-8-14(9-7-12)21(24)25/h1-9,15,17H,10-11H2/t15-,17?/m0/s1. The van der Waals surface area contributed by atoms with Crippen molar-refractivity contribution in [2.24, 2.45) is 0 Å². The number of amides is 3. The summed E-state index contributed by atoms with van der Waals surface area (Å²) in [4.78, 5) is 38.7. The van der Waals surface area contributed by atoms with Crippen LogP contribution in [0, 0.1) is 10.1 Å². The van der Waals surface area contributed by atoms with Crippen molar-refractivity contribution in [1.29, 1.82) is 0 Å². The Hall–Kier alpha value is -2.87. The molecule has 0 N–H and O–H groups in total. The molecular weight excluding hydrogens is 354 g/mol. The third kappa shape index (κ3) is 2.72. The Morgan fingerprint density at radius 1 is 1.08 bits per heavy atom. The van der Waals surface area contributed by atoms with Gasteiger partial charge in [-0.15, -0.1) is 11.8 Å². The molecule has 2 aliphatic rings. The molecule has 2 heterocycles. The number of carbonyl (C=O) groups excluding carboxylic acids is 2. The third-order valence-corrected chi connectivity index (χ3v) is 5.90. The summed E-state index contributed by atoms with van der Waals surface area (Å²) in [5, 5.41) is 10.6. The molecule has 2 saturated heterocycles. The Bertz CT molecular complexity index is 872. The van der Waals surface area contributed by atoms with Gasteiger partial charge in [-0.25, -0.2) is 4.79 Å². The van der Waals surface area contributed by atoms with Crippen LogP contribution in [0.25, 0.3) is 0 Å². The summed E-state index contributed by atoms with van der Waals surface area (Å²) in [7, 11) is 0. The van der Waals surface area contributed by atoms with E-state index in [0.717, 1.165) is 5.56 Å². The average Bonchev–Trinajstić information content (AvgIpc) is 3.19. The lowest BCUT2D eigenvalue weighted by Gasteiger charge is -2.23. The highest BCUT2D eigenvalue weighted by Gasteiger charge is 2.52. The molecule has 132 valence electrons. The zero-order valence-corrected chi connectivity index (χ0v) is 14.5. The Balaban J connectivity index is 1.55. The lowest BCUT2D eigenvalue weighted by atomic mass is 10.2. The fourth-order valence-corrected chi connectivity index (χ4v) is 4.68. The van der Waals surface area contributed by atoms with Crippen molar-refractivity contribution in [3.05, 3.63) is 75.8 Å². The summed E-state index contributed by atoms with van der Waals surface area (Å²) in [6, 6.07) is 14.8. The Morgan fingerprint density at radius 2 is 1.77 bits per heavy atom.